The van der Waals surface area contributed by atoms with Crippen molar-refractivity contribution < 1.29 is 42.1 Å². The van der Waals surface area contributed by atoms with E-state index in [1.165, 1.54) is 366 Å². The molecular formula is C79H157NO8P+. The lowest BCUT2D eigenvalue weighted by Gasteiger charge is -2.24. The van der Waals surface area contributed by atoms with E-state index in [1.54, 1.807) is 0 Å². The highest BCUT2D eigenvalue weighted by atomic mass is 31.2. The van der Waals surface area contributed by atoms with Crippen LogP contribution in [0.4, 0.5) is 0 Å². The maximum atomic E-state index is 12.9. The third kappa shape index (κ3) is 75.7. The summed E-state index contributed by atoms with van der Waals surface area (Å²) in [6.07, 6.45) is 89.4. The quantitative estimate of drug-likeness (QED) is 0.0211. The van der Waals surface area contributed by atoms with Gasteiger partial charge in [0.15, 0.2) is 6.10 Å². The van der Waals surface area contributed by atoms with Crippen molar-refractivity contribution in [3.05, 3.63) is 12.2 Å². The summed E-state index contributed by atoms with van der Waals surface area (Å²) in [6, 6.07) is 0. The molecular weight excluding hydrogens is 1120 g/mol. The molecule has 0 aliphatic rings. The average Bonchev–Trinajstić information content (AvgIpc) is 3.60. The molecule has 0 saturated carbocycles. The standard InChI is InChI=1S/C79H156NO8P/c1-6-8-10-12-14-16-18-20-22-24-26-28-30-32-34-36-38-39-40-41-42-44-46-48-50-52-54-56-58-60-62-64-66-68-70-72-79(82)88-77(76-87-89(83,84)86-74-73-80(3,4)5)75-85-78(81)71-69-67-65-63-61-59-57-55-53-51-49-47-45-43-37-35-33-31-29-27-25-23-21-19-17-15-13-11-9-7-2/h24,26,77H,6-23,25,27-76H2,1-5H3/p+1/b26-24-. The monoisotopic (exact) mass is 1280 g/mol. The van der Waals surface area contributed by atoms with Gasteiger partial charge >= 0.3 is 19.8 Å². The number of carbonyl (C=O) groups is 2. The van der Waals surface area contributed by atoms with Gasteiger partial charge in [-0.1, -0.05) is 392 Å². The van der Waals surface area contributed by atoms with Gasteiger partial charge in [0.1, 0.15) is 19.8 Å². The van der Waals surface area contributed by atoms with Crippen LogP contribution in [0.3, 0.4) is 0 Å². The summed E-state index contributed by atoms with van der Waals surface area (Å²) >= 11 is 0. The van der Waals surface area contributed by atoms with Crippen LogP contribution in [0.25, 0.3) is 0 Å². The van der Waals surface area contributed by atoms with Gasteiger partial charge in [0.05, 0.1) is 27.7 Å². The highest BCUT2D eigenvalue weighted by Crippen LogP contribution is 2.43. The van der Waals surface area contributed by atoms with E-state index in [4.69, 9.17) is 18.5 Å². The van der Waals surface area contributed by atoms with Crippen molar-refractivity contribution in [1.82, 2.24) is 0 Å². The Balaban J connectivity index is 3.90. The number of quaternary nitrogens is 1. The van der Waals surface area contributed by atoms with Gasteiger partial charge in [-0.15, -0.1) is 0 Å². The second-order valence-electron chi connectivity index (χ2n) is 28.8. The molecule has 9 nitrogen and oxygen atoms in total. The van der Waals surface area contributed by atoms with Crippen LogP contribution in [-0.4, -0.2) is 74.9 Å². The third-order valence-corrected chi connectivity index (χ3v) is 19.5. The van der Waals surface area contributed by atoms with Crippen molar-refractivity contribution in [2.45, 2.75) is 437 Å². The Bertz CT molecular complexity index is 1500. The summed E-state index contributed by atoms with van der Waals surface area (Å²) in [4.78, 5) is 36.0. The molecule has 10 heteroatoms. The molecule has 0 saturated heterocycles. The molecule has 2 atom stereocenters. The van der Waals surface area contributed by atoms with Crippen molar-refractivity contribution in [3.8, 4) is 0 Å². The van der Waals surface area contributed by atoms with Crippen molar-refractivity contribution in [2.75, 3.05) is 47.5 Å². The molecule has 0 radical (unpaired) electrons. The summed E-state index contributed by atoms with van der Waals surface area (Å²) in [6.45, 7) is 4.53. The molecule has 0 heterocycles. The van der Waals surface area contributed by atoms with E-state index < -0.39 is 26.5 Å². The first-order chi connectivity index (χ1) is 43.5. The largest absolute Gasteiger partial charge is 0.472 e. The molecule has 0 aromatic carbocycles. The van der Waals surface area contributed by atoms with Gasteiger partial charge in [0, 0.05) is 12.8 Å². The molecule has 0 aliphatic carbocycles. The number of nitrogens with zero attached hydrogens (tertiary/aromatic N) is 1. The second-order valence-corrected chi connectivity index (χ2v) is 30.3. The van der Waals surface area contributed by atoms with Crippen LogP contribution in [0.2, 0.25) is 0 Å². The van der Waals surface area contributed by atoms with Gasteiger partial charge < -0.3 is 18.9 Å². The number of likely N-dealkylation sites (N-methyl/N-ethyl adjacent to an activating group) is 1. The van der Waals surface area contributed by atoms with Crippen molar-refractivity contribution in [2.24, 2.45) is 0 Å². The summed E-state index contributed by atoms with van der Waals surface area (Å²) in [5.74, 6) is -0.766. The van der Waals surface area contributed by atoms with Gasteiger partial charge in [-0.05, 0) is 38.5 Å². The van der Waals surface area contributed by atoms with Gasteiger partial charge in [0.25, 0.3) is 0 Å². The predicted molar refractivity (Wildman–Crippen MR) is 386 cm³/mol. The van der Waals surface area contributed by atoms with E-state index in [-0.39, 0.29) is 25.6 Å². The van der Waals surface area contributed by atoms with Crippen LogP contribution in [0.1, 0.15) is 431 Å². The zero-order valence-electron chi connectivity index (χ0n) is 60.7. The van der Waals surface area contributed by atoms with E-state index >= 15 is 0 Å². The number of ether oxygens (including phenoxy) is 2. The number of allylic oxidation sites excluding steroid dienone is 2. The molecule has 0 spiro atoms. The maximum absolute atomic E-state index is 12.9. The minimum atomic E-state index is -4.39. The lowest BCUT2D eigenvalue weighted by Crippen LogP contribution is -2.37. The number of hydrogen-bond donors (Lipinski definition) is 1. The first kappa shape index (κ1) is 87.8. The molecule has 1 N–H and O–H groups in total. The number of phosphoric ester groups is 1. The smallest absolute Gasteiger partial charge is 0.462 e. The summed E-state index contributed by atoms with van der Waals surface area (Å²) in [7, 11) is 1.51. The summed E-state index contributed by atoms with van der Waals surface area (Å²) in [5.41, 5.74) is 0. The van der Waals surface area contributed by atoms with E-state index in [2.05, 4.69) is 26.0 Å². The zero-order chi connectivity index (χ0) is 64.8. The molecule has 0 aliphatic heterocycles. The Morgan fingerprint density at radius 1 is 0.337 bits per heavy atom. The molecule has 0 amide bonds. The van der Waals surface area contributed by atoms with Crippen molar-refractivity contribution in [1.29, 1.82) is 0 Å². The van der Waals surface area contributed by atoms with E-state index in [0.717, 1.165) is 38.5 Å². The Kier molecular flexibility index (Phi) is 70.1. The first-order valence-corrected chi connectivity index (χ1v) is 41.4. The first-order valence-electron chi connectivity index (χ1n) is 39.9. The fourth-order valence-electron chi connectivity index (χ4n) is 12.4. The van der Waals surface area contributed by atoms with Gasteiger partial charge in [0.2, 0.25) is 0 Å². The fourth-order valence-corrected chi connectivity index (χ4v) is 13.2. The Labute approximate surface area is 556 Å². The lowest BCUT2D eigenvalue weighted by atomic mass is 10.0. The second kappa shape index (κ2) is 71.1. The number of esters is 2. The SMILES string of the molecule is CCCCCCCCCC/C=C\CCCCCCCCCCCCCCCCCCCCCCCCCC(=O)OC(COC(=O)CCCCCCCCCCCCCCCCCCCCCCCCCCCCCCCC)COP(=O)(O)OCC[N+](C)(C)C. The normalized spacial score (nSPS) is 13.0. The summed E-state index contributed by atoms with van der Waals surface area (Å²) in [5, 5.41) is 0. The van der Waals surface area contributed by atoms with Crippen LogP contribution in [0.15, 0.2) is 12.2 Å². The average molecular weight is 1280 g/mol. The molecule has 0 aromatic rings. The molecule has 0 bridgehead atoms. The van der Waals surface area contributed by atoms with E-state index in [9.17, 15) is 19.0 Å². The Morgan fingerprint density at radius 3 is 0.831 bits per heavy atom. The van der Waals surface area contributed by atoms with Crippen LogP contribution >= 0.6 is 7.82 Å². The number of carbonyl (C=O) groups excluding carboxylic acids is 2. The van der Waals surface area contributed by atoms with Crippen molar-refractivity contribution in [3.63, 3.8) is 0 Å². The Morgan fingerprint density at radius 2 is 0.573 bits per heavy atom. The predicted octanol–water partition coefficient (Wildman–Crippen LogP) is 26.2. The number of rotatable bonds is 76. The highest BCUT2D eigenvalue weighted by Gasteiger charge is 2.27. The lowest BCUT2D eigenvalue weighted by molar-refractivity contribution is -0.870. The fraction of sp³-hybridized carbons (Fsp3) is 0.949. The van der Waals surface area contributed by atoms with Crippen LogP contribution in [0, 0.1) is 0 Å². The maximum Gasteiger partial charge on any atom is 0.472 e. The molecule has 0 rings (SSSR count). The third-order valence-electron chi connectivity index (χ3n) is 18.5. The van der Waals surface area contributed by atoms with Crippen molar-refractivity contribution >= 4 is 19.8 Å². The topological polar surface area (TPSA) is 108 Å². The zero-order valence-corrected chi connectivity index (χ0v) is 61.6. The molecule has 0 fully saturated rings. The van der Waals surface area contributed by atoms with Gasteiger partial charge in [-0.25, -0.2) is 4.57 Å². The van der Waals surface area contributed by atoms with Gasteiger partial charge in [-0.2, -0.15) is 0 Å². The minimum Gasteiger partial charge on any atom is -0.462 e. The van der Waals surface area contributed by atoms with E-state index in [1.807, 2.05) is 21.1 Å². The molecule has 89 heavy (non-hydrogen) atoms. The molecule has 0 aromatic heterocycles. The number of hydrogen-bond acceptors (Lipinski definition) is 7. The minimum absolute atomic E-state index is 0.0370. The molecule has 2 unspecified atom stereocenters. The van der Waals surface area contributed by atoms with Crippen LogP contribution in [-0.2, 0) is 32.7 Å². The number of unbranched alkanes of at least 4 members (excludes halogenated alkanes) is 60. The van der Waals surface area contributed by atoms with E-state index in [0.29, 0.717) is 17.4 Å². The Hall–Kier alpha value is -1.25. The molecule has 530 valence electrons. The number of phosphoric acid groups is 1. The van der Waals surface area contributed by atoms with Gasteiger partial charge in [-0.3, -0.25) is 18.6 Å². The van der Waals surface area contributed by atoms with Crippen LogP contribution in [0.5, 0.6) is 0 Å². The summed E-state index contributed by atoms with van der Waals surface area (Å²) < 4.78 is 34.8. The highest BCUT2D eigenvalue weighted by molar-refractivity contribution is 7.47. The van der Waals surface area contributed by atoms with Crippen LogP contribution < -0.4 is 0 Å².